The lowest BCUT2D eigenvalue weighted by molar-refractivity contribution is -0.145. The third kappa shape index (κ3) is 18.3. The Hall–Kier alpha value is -16.6. The number of nitrogens with one attached hydrogen (secondary N) is 2. The number of hydrogen-bond donors (Lipinski definition) is 5. The highest BCUT2D eigenvalue weighted by molar-refractivity contribution is 5.95. The lowest BCUT2D eigenvalue weighted by atomic mass is 9.73. The first kappa shape index (κ1) is 93.2. The van der Waals surface area contributed by atoms with Crippen LogP contribution in [0, 0.1) is 0 Å². The summed E-state index contributed by atoms with van der Waals surface area (Å²) in [5.41, 5.74) is 18.2. The monoisotopic (exact) mass is 1830 g/mol. The van der Waals surface area contributed by atoms with E-state index >= 15 is 0 Å². The zero-order chi connectivity index (χ0) is 96.1. The minimum atomic E-state index is -1.06. The molecule has 7 heterocycles. The standard InChI is InChI=1S/C22H19NO2.C22H21NO.C16H14O3.C15H15NO.2C15H12O3.C14H10O3/c1-22(21(24)23-15-16-9-3-2-4-10-16)17-11-5-7-13-19(17)25-20-14-8-6-12-18(20)22;1-22(16-23-15-17-9-3-2-4-10-17)18-11-5-7-13-20(18)24-21-14-8-6-12-19(21)22;1-16(15(17)18-2)11-7-3-5-9-13(11)19-14-10-6-4-8-12(14)16;1-15(10-16)11-6-2-4-8-13(11)17-14-9-5-3-7-12(14)15;1-15(14(16)17)10-6-2-4-8-12(10)18-13-9-5-3-7-11(13)15;1-17-15(16)14-10-6-2-4-8-12(10)18-13-9-5-3-7-11(13)14;15-14(16)13-9-5-1-3-7-11(9)17-12-8-4-2-6-10(12)13/h2-14H,15H2,1H3,(H,23,24);2-14,23H,15-16H2,1H3;3-10H,1-2H3;2-9H,10,16H2,1H3;2-9H,1H3,(H,16,17);2-9,14H,1H3;1-8,13H,(H,15,16). The number of benzene rings is 16. The summed E-state index contributed by atoms with van der Waals surface area (Å²) >= 11 is 0. The molecule has 7 aliphatic heterocycles. The predicted molar refractivity (Wildman–Crippen MR) is 531 cm³/mol. The van der Waals surface area contributed by atoms with Crippen LogP contribution in [0.1, 0.15) is 135 Å². The van der Waals surface area contributed by atoms with Crippen LogP contribution in [0.15, 0.2) is 400 Å². The first-order valence-corrected chi connectivity index (χ1v) is 45.6. The van der Waals surface area contributed by atoms with Crippen LogP contribution in [-0.4, -0.2) is 67.3 Å². The third-order valence-corrected chi connectivity index (χ3v) is 26.5. The maximum atomic E-state index is 13.3. The van der Waals surface area contributed by atoms with Crippen LogP contribution >= 0.6 is 0 Å². The van der Waals surface area contributed by atoms with Gasteiger partial charge in [0.2, 0.25) is 5.91 Å². The van der Waals surface area contributed by atoms with Crippen molar-refractivity contribution in [2.24, 2.45) is 5.73 Å². The number of fused-ring (bicyclic) bond motifs is 14. The van der Waals surface area contributed by atoms with Gasteiger partial charge < -0.3 is 69.2 Å². The van der Waals surface area contributed by atoms with E-state index in [1.807, 2.05) is 287 Å². The first-order valence-electron chi connectivity index (χ1n) is 45.6. The van der Waals surface area contributed by atoms with E-state index in [2.05, 4.69) is 103 Å². The highest BCUT2D eigenvalue weighted by atomic mass is 16.5. The quantitative estimate of drug-likeness (QED) is 0.0712. The fourth-order valence-corrected chi connectivity index (χ4v) is 19.0. The Morgan fingerprint density at radius 3 is 0.812 bits per heavy atom. The number of rotatable bonds is 12. The second kappa shape index (κ2) is 40.7. The molecule has 690 valence electrons. The molecule has 0 unspecified atom stereocenters. The Morgan fingerprint density at radius 1 is 0.283 bits per heavy atom. The molecule has 0 spiro atoms. The van der Waals surface area contributed by atoms with Crippen LogP contribution < -0.4 is 49.5 Å². The van der Waals surface area contributed by atoms with Crippen molar-refractivity contribution in [2.45, 2.75) is 86.6 Å². The summed E-state index contributed by atoms with van der Waals surface area (Å²) in [6.07, 6.45) is 0. The average Bonchev–Trinajstić information content (AvgIpc) is 0.726. The van der Waals surface area contributed by atoms with Gasteiger partial charge in [-0.25, -0.2) is 0 Å². The summed E-state index contributed by atoms with van der Waals surface area (Å²) in [6.45, 7) is 12.8. The summed E-state index contributed by atoms with van der Waals surface area (Å²) in [4.78, 5) is 60.8. The number of para-hydroxylation sites is 14. The van der Waals surface area contributed by atoms with E-state index in [4.69, 9.17) is 48.4 Å². The topological polar surface area (TPSA) is 259 Å². The SMILES string of the molecule is CC1(C(=O)NCc2ccccc2)c2ccccc2Oc2ccccc21.CC1(C(=O)O)c2ccccc2Oc2ccccc21.CC1(CN)c2ccccc2Oc2ccccc21.CC1(CNCc2ccccc2)c2ccccc2Oc2ccccc21.COC(=O)C1(C)c2ccccc2Oc2ccccc21.COC(=O)C1c2ccccc2Oc2ccccc21.O=C(O)C1c2ccccc2Oc2ccccc21. The number of ether oxygens (including phenoxy) is 9. The molecule has 0 aliphatic carbocycles. The molecule has 1 amide bonds. The second-order valence-electron chi connectivity index (χ2n) is 34.9. The summed E-state index contributed by atoms with van der Waals surface area (Å²) < 4.78 is 51.1. The van der Waals surface area contributed by atoms with Gasteiger partial charge in [0.15, 0.2) is 0 Å². The smallest absolute Gasteiger partial charge is 0.320 e. The molecule has 138 heavy (non-hydrogen) atoms. The number of methoxy groups -OCH3 is 2. The molecule has 0 saturated heterocycles. The fourth-order valence-electron chi connectivity index (χ4n) is 19.0. The third-order valence-electron chi connectivity index (χ3n) is 26.5. The van der Waals surface area contributed by atoms with Crippen molar-refractivity contribution in [1.82, 2.24) is 10.6 Å². The van der Waals surface area contributed by atoms with Crippen LogP contribution in [0.25, 0.3) is 0 Å². The van der Waals surface area contributed by atoms with E-state index in [1.54, 1.807) is 55.5 Å². The van der Waals surface area contributed by atoms with E-state index < -0.39 is 40.0 Å². The van der Waals surface area contributed by atoms with E-state index in [9.17, 15) is 34.2 Å². The Kier molecular flexibility index (Phi) is 27.5. The number of carbonyl (C=O) groups excluding carboxylic acids is 3. The lowest BCUT2D eigenvalue weighted by Gasteiger charge is -2.37. The average molecular weight is 1830 g/mol. The van der Waals surface area contributed by atoms with Crippen LogP contribution in [0.4, 0.5) is 0 Å². The summed E-state index contributed by atoms with van der Waals surface area (Å²) in [7, 11) is 2.82. The molecule has 0 atom stereocenters. The Balaban J connectivity index is 0.000000112. The molecule has 0 fully saturated rings. The second-order valence-corrected chi connectivity index (χ2v) is 34.9. The number of hydrogen-bond acceptors (Lipinski definition) is 16. The van der Waals surface area contributed by atoms with Gasteiger partial charge in [0, 0.05) is 115 Å². The molecule has 0 bridgehead atoms. The van der Waals surface area contributed by atoms with E-state index in [0.717, 1.165) is 86.5 Å². The zero-order valence-corrected chi connectivity index (χ0v) is 77.3. The van der Waals surface area contributed by atoms with Crippen molar-refractivity contribution < 1.29 is 76.8 Å². The summed E-state index contributed by atoms with van der Waals surface area (Å²) in [6, 6.07) is 128. The van der Waals surface area contributed by atoms with Crippen LogP contribution in [-0.2, 0) is 73.6 Å². The molecule has 0 saturated carbocycles. The van der Waals surface area contributed by atoms with Gasteiger partial charge >= 0.3 is 23.9 Å². The highest BCUT2D eigenvalue weighted by Crippen LogP contribution is 2.55. The number of nitrogens with two attached hydrogens (primary N) is 1. The molecule has 16 aromatic carbocycles. The van der Waals surface area contributed by atoms with Crippen molar-refractivity contribution in [2.75, 3.05) is 27.3 Å². The van der Waals surface area contributed by atoms with Gasteiger partial charge in [-0.2, -0.15) is 0 Å². The molecule has 19 nitrogen and oxygen atoms in total. The minimum Gasteiger partial charge on any atom is -0.481 e. The van der Waals surface area contributed by atoms with Gasteiger partial charge in [0.05, 0.1) is 14.2 Å². The Morgan fingerprint density at radius 2 is 0.522 bits per heavy atom. The van der Waals surface area contributed by atoms with Crippen molar-refractivity contribution in [3.63, 3.8) is 0 Å². The molecule has 16 aromatic rings. The molecule has 6 N–H and O–H groups in total. The van der Waals surface area contributed by atoms with E-state index in [1.165, 1.54) is 42.0 Å². The van der Waals surface area contributed by atoms with Crippen molar-refractivity contribution >= 4 is 29.8 Å². The maximum Gasteiger partial charge on any atom is 0.320 e. The zero-order valence-electron chi connectivity index (χ0n) is 77.3. The largest absolute Gasteiger partial charge is 0.481 e. The van der Waals surface area contributed by atoms with E-state index in [0.29, 0.717) is 81.3 Å². The number of aliphatic carboxylic acids is 2. The van der Waals surface area contributed by atoms with Crippen LogP contribution in [0.2, 0.25) is 0 Å². The normalized spacial score (nSPS) is 14.3. The van der Waals surface area contributed by atoms with Gasteiger partial charge in [-0.05, 0) is 131 Å². The van der Waals surface area contributed by atoms with Crippen LogP contribution in [0.3, 0.4) is 0 Å². The minimum absolute atomic E-state index is 0.0282. The van der Waals surface area contributed by atoms with Crippen LogP contribution in [0.5, 0.6) is 80.5 Å². The maximum absolute atomic E-state index is 13.3. The predicted octanol–water partition coefficient (Wildman–Crippen LogP) is 24.9. The van der Waals surface area contributed by atoms with E-state index in [-0.39, 0.29) is 28.7 Å². The lowest BCUT2D eigenvalue weighted by Crippen LogP contribution is -2.44. The molecule has 0 radical (unpaired) electrons. The van der Waals surface area contributed by atoms with Crippen molar-refractivity contribution in [1.29, 1.82) is 0 Å². The van der Waals surface area contributed by atoms with Crippen molar-refractivity contribution in [3.05, 3.63) is 489 Å². The number of carbonyl (C=O) groups is 5. The fraction of sp³-hybridized carbons (Fsp3) is 0.151. The van der Waals surface area contributed by atoms with Gasteiger partial charge in [-0.15, -0.1) is 0 Å². The number of carboxylic acids is 2. The number of amides is 1. The highest BCUT2D eigenvalue weighted by Gasteiger charge is 2.49. The summed E-state index contributed by atoms with van der Waals surface area (Å²) in [5.74, 6) is 7.18. The number of esters is 2. The molecule has 19 heteroatoms. The molecule has 7 aliphatic rings. The molecule has 23 rings (SSSR count). The van der Waals surface area contributed by atoms with Gasteiger partial charge in [-0.3, -0.25) is 24.0 Å². The van der Waals surface area contributed by atoms with Crippen molar-refractivity contribution in [3.8, 4) is 80.5 Å². The molecule has 0 aromatic heterocycles. The van der Waals surface area contributed by atoms with Gasteiger partial charge in [-0.1, -0.05) is 315 Å². The molecular formula is C119H103N3O16. The van der Waals surface area contributed by atoms with Gasteiger partial charge in [0.25, 0.3) is 0 Å². The first-order chi connectivity index (χ1) is 67.1. The number of carboxylic acid groups (broad SMARTS) is 2. The van der Waals surface area contributed by atoms with Gasteiger partial charge in [0.1, 0.15) is 109 Å². The Bertz CT molecular complexity index is 6840. The summed E-state index contributed by atoms with van der Waals surface area (Å²) in [5, 5.41) is 25.7. The Labute approximate surface area is 802 Å². The molecular weight excluding hydrogens is 1730 g/mol.